The number of aryl methyl sites for hydroxylation is 1. The van der Waals surface area contributed by atoms with Crippen molar-refractivity contribution in [2.45, 2.75) is 57.9 Å². The molecule has 6 rings (SSSR count). The van der Waals surface area contributed by atoms with Gasteiger partial charge in [-0.1, -0.05) is 67.3 Å². The molecule has 1 aromatic heterocycles. The van der Waals surface area contributed by atoms with Gasteiger partial charge >= 0.3 is 6.03 Å². The fraction of sp³-hybridized carbons (Fsp3) is 0.355. The number of anilines is 3. The fourth-order valence-corrected chi connectivity index (χ4v) is 5.83. The molecule has 0 aliphatic heterocycles. The van der Waals surface area contributed by atoms with Crippen molar-refractivity contribution in [1.29, 1.82) is 0 Å². The predicted molar refractivity (Wildman–Crippen MR) is 156 cm³/mol. The SMILES string of the molecule is Cc1ccc(NC(=O)Nc2cc(-c3ccccc3-c3nnn[nH]3)ccc2NC(C2CCCCC2)C2CC2)cc1. The van der Waals surface area contributed by atoms with Gasteiger partial charge in [-0.05, 0) is 90.3 Å². The Labute approximate surface area is 229 Å². The second-order valence-corrected chi connectivity index (χ2v) is 10.9. The van der Waals surface area contributed by atoms with Crippen molar-refractivity contribution in [3.63, 3.8) is 0 Å². The Kier molecular flexibility index (Phi) is 7.25. The number of aromatic nitrogens is 4. The van der Waals surface area contributed by atoms with Crippen LogP contribution < -0.4 is 16.0 Å². The lowest BCUT2D eigenvalue weighted by molar-refractivity contribution is 0.262. The summed E-state index contributed by atoms with van der Waals surface area (Å²) in [6, 6.07) is 22.2. The summed E-state index contributed by atoms with van der Waals surface area (Å²) in [5.41, 5.74) is 6.47. The molecular weight excluding hydrogens is 486 g/mol. The van der Waals surface area contributed by atoms with Gasteiger partial charge in [0.1, 0.15) is 0 Å². The van der Waals surface area contributed by atoms with E-state index in [1.807, 2.05) is 61.5 Å². The van der Waals surface area contributed by atoms with Crippen LogP contribution >= 0.6 is 0 Å². The van der Waals surface area contributed by atoms with Gasteiger partial charge in [0, 0.05) is 17.3 Å². The molecule has 4 N–H and O–H groups in total. The molecule has 0 saturated heterocycles. The number of nitrogens with zero attached hydrogens (tertiary/aromatic N) is 3. The van der Waals surface area contributed by atoms with E-state index in [1.54, 1.807) is 0 Å². The molecular formula is C31H35N7O. The van der Waals surface area contributed by atoms with Crippen LogP contribution in [-0.2, 0) is 0 Å². The first kappa shape index (κ1) is 25.1. The number of amides is 2. The zero-order valence-electron chi connectivity index (χ0n) is 22.3. The van der Waals surface area contributed by atoms with E-state index in [1.165, 1.54) is 44.9 Å². The smallest absolute Gasteiger partial charge is 0.323 e. The second-order valence-electron chi connectivity index (χ2n) is 10.9. The number of carbonyl (C=O) groups excluding carboxylic acids is 1. The van der Waals surface area contributed by atoms with Gasteiger partial charge in [-0.15, -0.1) is 5.10 Å². The number of hydrogen-bond donors (Lipinski definition) is 4. The maximum Gasteiger partial charge on any atom is 0.323 e. The van der Waals surface area contributed by atoms with Crippen molar-refractivity contribution < 1.29 is 4.79 Å². The number of urea groups is 1. The molecule has 200 valence electrons. The number of tetrazole rings is 1. The highest BCUT2D eigenvalue weighted by atomic mass is 16.2. The third-order valence-corrected chi connectivity index (χ3v) is 8.03. The minimum Gasteiger partial charge on any atom is -0.380 e. The maximum absolute atomic E-state index is 13.2. The molecule has 1 heterocycles. The molecule has 2 aliphatic rings. The van der Waals surface area contributed by atoms with Gasteiger partial charge in [0.15, 0.2) is 5.82 Å². The Morgan fingerprint density at radius 1 is 0.846 bits per heavy atom. The van der Waals surface area contributed by atoms with Crippen molar-refractivity contribution >= 4 is 23.1 Å². The van der Waals surface area contributed by atoms with Crippen molar-refractivity contribution in [3.05, 3.63) is 72.3 Å². The fourth-order valence-electron chi connectivity index (χ4n) is 5.83. The summed E-state index contributed by atoms with van der Waals surface area (Å²) in [5.74, 6) is 1.99. The van der Waals surface area contributed by atoms with E-state index in [-0.39, 0.29) is 6.03 Å². The highest BCUT2D eigenvalue weighted by Crippen LogP contribution is 2.43. The van der Waals surface area contributed by atoms with Crippen molar-refractivity contribution in [3.8, 4) is 22.5 Å². The molecule has 2 amide bonds. The summed E-state index contributed by atoms with van der Waals surface area (Å²) in [6.45, 7) is 2.03. The monoisotopic (exact) mass is 521 g/mol. The molecule has 2 aliphatic carbocycles. The molecule has 4 aromatic rings. The van der Waals surface area contributed by atoms with Crippen LogP contribution in [0, 0.1) is 18.8 Å². The van der Waals surface area contributed by atoms with Crippen LogP contribution in [0.5, 0.6) is 0 Å². The molecule has 2 saturated carbocycles. The molecule has 3 aromatic carbocycles. The van der Waals surface area contributed by atoms with Crippen molar-refractivity contribution in [2.75, 3.05) is 16.0 Å². The van der Waals surface area contributed by atoms with Gasteiger partial charge < -0.3 is 16.0 Å². The lowest BCUT2D eigenvalue weighted by Gasteiger charge is -2.32. The number of rotatable bonds is 8. The first-order valence-corrected chi connectivity index (χ1v) is 14.0. The number of benzene rings is 3. The number of carbonyl (C=O) groups is 1. The van der Waals surface area contributed by atoms with E-state index in [0.717, 1.165) is 39.3 Å². The normalized spacial score (nSPS) is 16.4. The first-order valence-electron chi connectivity index (χ1n) is 14.0. The number of H-pyrrole nitrogens is 1. The zero-order chi connectivity index (χ0) is 26.6. The summed E-state index contributed by atoms with van der Waals surface area (Å²) in [6.07, 6.45) is 9.08. The van der Waals surface area contributed by atoms with Crippen molar-refractivity contribution in [1.82, 2.24) is 20.6 Å². The van der Waals surface area contributed by atoms with E-state index in [4.69, 9.17) is 0 Å². The minimum absolute atomic E-state index is 0.271. The Balaban J connectivity index is 1.33. The van der Waals surface area contributed by atoms with Crippen LogP contribution in [0.25, 0.3) is 22.5 Å². The molecule has 0 radical (unpaired) electrons. The zero-order valence-corrected chi connectivity index (χ0v) is 22.3. The Morgan fingerprint density at radius 2 is 1.59 bits per heavy atom. The molecule has 2 fully saturated rings. The van der Waals surface area contributed by atoms with Crippen LogP contribution in [0.3, 0.4) is 0 Å². The van der Waals surface area contributed by atoms with E-state index in [2.05, 4.69) is 48.7 Å². The van der Waals surface area contributed by atoms with Crippen LogP contribution in [0.15, 0.2) is 66.7 Å². The number of hydrogen-bond acceptors (Lipinski definition) is 5. The predicted octanol–water partition coefficient (Wildman–Crippen LogP) is 7.26. The quantitative estimate of drug-likeness (QED) is 0.195. The summed E-state index contributed by atoms with van der Waals surface area (Å²) in [4.78, 5) is 13.2. The summed E-state index contributed by atoms with van der Waals surface area (Å²) in [5, 5.41) is 24.5. The van der Waals surface area contributed by atoms with Gasteiger partial charge in [-0.3, -0.25) is 0 Å². The third-order valence-electron chi connectivity index (χ3n) is 8.03. The van der Waals surface area contributed by atoms with E-state index in [0.29, 0.717) is 23.7 Å². The van der Waals surface area contributed by atoms with Crippen molar-refractivity contribution in [2.24, 2.45) is 11.8 Å². The molecule has 1 atom stereocenters. The second kappa shape index (κ2) is 11.3. The van der Waals surface area contributed by atoms with Gasteiger partial charge in [-0.2, -0.15) is 0 Å². The maximum atomic E-state index is 13.2. The summed E-state index contributed by atoms with van der Waals surface area (Å²) < 4.78 is 0. The van der Waals surface area contributed by atoms with Crippen LogP contribution in [0.4, 0.5) is 21.9 Å². The Morgan fingerprint density at radius 3 is 2.31 bits per heavy atom. The van der Waals surface area contributed by atoms with Crippen LogP contribution in [0.1, 0.15) is 50.5 Å². The number of aromatic amines is 1. The van der Waals surface area contributed by atoms with Crippen LogP contribution in [0.2, 0.25) is 0 Å². The minimum atomic E-state index is -0.271. The highest BCUT2D eigenvalue weighted by Gasteiger charge is 2.37. The van der Waals surface area contributed by atoms with E-state index < -0.39 is 0 Å². The standard InChI is InChI=1S/C31H35N7O/c1-20-11-16-24(17-12-20)32-31(39)34-28-19-23(25-9-5-6-10-26(25)30-35-37-38-36-30)15-18-27(28)33-29(22-13-14-22)21-7-3-2-4-8-21/h5-6,9-12,15-19,21-22,29,33H,2-4,7-8,13-14H2,1H3,(H2,32,34,39)(H,35,36,37,38). The van der Waals surface area contributed by atoms with Gasteiger partial charge in [0.2, 0.25) is 0 Å². The molecule has 39 heavy (non-hydrogen) atoms. The molecule has 0 bridgehead atoms. The molecule has 1 unspecified atom stereocenters. The summed E-state index contributed by atoms with van der Waals surface area (Å²) in [7, 11) is 0. The van der Waals surface area contributed by atoms with Gasteiger partial charge in [0.25, 0.3) is 0 Å². The van der Waals surface area contributed by atoms with E-state index in [9.17, 15) is 4.79 Å². The highest BCUT2D eigenvalue weighted by molar-refractivity contribution is 6.02. The average Bonchev–Trinajstić information content (AvgIpc) is 3.66. The summed E-state index contributed by atoms with van der Waals surface area (Å²) >= 11 is 0. The Hall–Kier alpha value is -4.20. The lowest BCUT2D eigenvalue weighted by Crippen LogP contribution is -2.33. The lowest BCUT2D eigenvalue weighted by atomic mass is 9.82. The van der Waals surface area contributed by atoms with Crippen LogP contribution in [-0.4, -0.2) is 32.7 Å². The third kappa shape index (κ3) is 5.95. The van der Waals surface area contributed by atoms with Gasteiger partial charge in [-0.25, -0.2) is 9.89 Å². The van der Waals surface area contributed by atoms with E-state index >= 15 is 0 Å². The molecule has 8 nitrogen and oxygen atoms in total. The molecule has 8 heteroatoms. The number of nitrogens with one attached hydrogen (secondary N) is 4. The first-order chi connectivity index (χ1) is 19.1. The average molecular weight is 522 g/mol. The topological polar surface area (TPSA) is 108 Å². The largest absolute Gasteiger partial charge is 0.380 e. The Bertz CT molecular complexity index is 1410. The van der Waals surface area contributed by atoms with Gasteiger partial charge in [0.05, 0.1) is 11.4 Å². The molecule has 0 spiro atoms.